The van der Waals surface area contributed by atoms with E-state index in [1.165, 1.54) is 22.9 Å². The van der Waals surface area contributed by atoms with Gasteiger partial charge in [0.15, 0.2) is 0 Å². The third-order valence-electron chi connectivity index (χ3n) is 1.55. The van der Waals surface area contributed by atoms with Gasteiger partial charge in [-0.15, -0.1) is 11.3 Å². The van der Waals surface area contributed by atoms with E-state index in [-0.39, 0.29) is 10.6 Å². The molecule has 0 aliphatic heterocycles. The van der Waals surface area contributed by atoms with Crippen LogP contribution in [0.5, 0.6) is 0 Å². The second-order valence-electron chi connectivity index (χ2n) is 2.25. The van der Waals surface area contributed by atoms with Crippen molar-refractivity contribution < 1.29 is 4.92 Å². The van der Waals surface area contributed by atoms with Gasteiger partial charge < -0.3 is 0 Å². The number of thiophene rings is 1. The van der Waals surface area contributed by atoms with E-state index in [1.807, 2.05) is 0 Å². The molecule has 0 atom stereocenters. The van der Waals surface area contributed by atoms with Gasteiger partial charge in [0.05, 0.1) is 15.7 Å². The van der Waals surface area contributed by atoms with Gasteiger partial charge in [0, 0.05) is 17.1 Å². The number of fused-ring (bicyclic) bond motifs is 1. The van der Waals surface area contributed by atoms with Crippen molar-refractivity contribution in [2.45, 2.75) is 0 Å². The lowest BCUT2D eigenvalue weighted by atomic mass is 10.3. The Bertz CT molecular complexity index is 438. The Labute approximate surface area is 71.6 Å². The fourth-order valence-electron chi connectivity index (χ4n) is 1.00. The van der Waals surface area contributed by atoms with Crippen molar-refractivity contribution in [1.82, 2.24) is 4.98 Å². The summed E-state index contributed by atoms with van der Waals surface area (Å²) in [6.07, 6.45) is 3.15. The molecular weight excluding hydrogens is 176 g/mol. The number of hydrogen-bond acceptors (Lipinski definition) is 4. The Morgan fingerprint density at radius 1 is 1.58 bits per heavy atom. The van der Waals surface area contributed by atoms with Gasteiger partial charge in [-0.3, -0.25) is 15.1 Å². The highest BCUT2D eigenvalue weighted by Gasteiger charge is 2.12. The van der Waals surface area contributed by atoms with Crippen LogP contribution in [0.2, 0.25) is 0 Å². The van der Waals surface area contributed by atoms with Crippen molar-refractivity contribution in [3.63, 3.8) is 0 Å². The largest absolute Gasteiger partial charge is 0.289 e. The SMILES string of the molecule is O=[N+]([O-])c1csc2ccncc12. The predicted molar refractivity (Wildman–Crippen MR) is 46.3 cm³/mol. The smallest absolute Gasteiger partial charge is 0.264 e. The maximum atomic E-state index is 10.5. The van der Waals surface area contributed by atoms with E-state index in [1.54, 1.807) is 12.3 Å². The summed E-state index contributed by atoms with van der Waals surface area (Å²) < 4.78 is 0.900. The van der Waals surface area contributed by atoms with E-state index in [4.69, 9.17) is 0 Å². The van der Waals surface area contributed by atoms with Crippen LogP contribution >= 0.6 is 11.3 Å². The lowest BCUT2D eigenvalue weighted by Crippen LogP contribution is -1.84. The highest BCUT2D eigenvalue weighted by Crippen LogP contribution is 2.30. The summed E-state index contributed by atoms with van der Waals surface area (Å²) in [6, 6.07) is 1.77. The Hall–Kier alpha value is -1.49. The van der Waals surface area contributed by atoms with Crippen molar-refractivity contribution in [2.24, 2.45) is 0 Å². The summed E-state index contributed by atoms with van der Waals surface area (Å²) in [5.74, 6) is 0. The third-order valence-corrected chi connectivity index (χ3v) is 2.50. The first-order chi connectivity index (χ1) is 5.79. The molecule has 0 aliphatic rings. The topological polar surface area (TPSA) is 56.0 Å². The van der Waals surface area contributed by atoms with Crippen LogP contribution in [0.15, 0.2) is 23.8 Å². The van der Waals surface area contributed by atoms with Gasteiger partial charge >= 0.3 is 0 Å². The lowest BCUT2D eigenvalue weighted by Gasteiger charge is -1.86. The number of rotatable bonds is 1. The number of hydrogen-bond donors (Lipinski definition) is 0. The number of nitro groups is 1. The average Bonchev–Trinajstić information content (AvgIpc) is 2.47. The molecule has 2 aromatic heterocycles. The summed E-state index contributed by atoms with van der Waals surface area (Å²) in [4.78, 5) is 13.9. The highest BCUT2D eigenvalue weighted by atomic mass is 32.1. The van der Waals surface area contributed by atoms with Crippen LogP contribution in [-0.2, 0) is 0 Å². The minimum absolute atomic E-state index is 0.142. The monoisotopic (exact) mass is 180 g/mol. The molecule has 4 nitrogen and oxygen atoms in total. The second kappa shape index (κ2) is 2.53. The molecule has 12 heavy (non-hydrogen) atoms. The fourth-order valence-corrected chi connectivity index (χ4v) is 1.88. The van der Waals surface area contributed by atoms with Crippen LogP contribution in [-0.4, -0.2) is 9.91 Å². The molecule has 0 N–H and O–H groups in total. The number of aromatic nitrogens is 1. The zero-order valence-electron chi connectivity index (χ0n) is 5.93. The molecule has 2 aromatic rings. The van der Waals surface area contributed by atoms with E-state index >= 15 is 0 Å². The quantitative estimate of drug-likeness (QED) is 0.499. The maximum Gasteiger partial charge on any atom is 0.289 e. The van der Waals surface area contributed by atoms with Gasteiger partial charge in [0.2, 0.25) is 0 Å². The van der Waals surface area contributed by atoms with Crippen LogP contribution in [0.25, 0.3) is 10.1 Å². The average molecular weight is 180 g/mol. The second-order valence-corrected chi connectivity index (χ2v) is 3.16. The van der Waals surface area contributed by atoms with Gasteiger partial charge in [-0.2, -0.15) is 0 Å². The van der Waals surface area contributed by atoms with Gasteiger partial charge in [-0.05, 0) is 6.07 Å². The van der Waals surface area contributed by atoms with E-state index < -0.39 is 0 Å². The van der Waals surface area contributed by atoms with Crippen LogP contribution in [0.4, 0.5) is 5.69 Å². The molecule has 0 spiro atoms. The Kier molecular flexibility index (Phi) is 1.51. The number of nitrogens with zero attached hydrogens (tertiary/aromatic N) is 2. The third kappa shape index (κ3) is 0.947. The molecule has 0 fully saturated rings. The highest BCUT2D eigenvalue weighted by molar-refractivity contribution is 7.17. The molecule has 0 saturated heterocycles. The molecule has 0 radical (unpaired) electrons. The lowest BCUT2D eigenvalue weighted by molar-refractivity contribution is -0.382. The molecule has 0 aromatic carbocycles. The molecule has 0 unspecified atom stereocenters. The van der Waals surface area contributed by atoms with Crippen LogP contribution in [0.3, 0.4) is 0 Å². The molecule has 60 valence electrons. The summed E-state index contributed by atoms with van der Waals surface area (Å²) >= 11 is 1.36. The molecule has 5 heteroatoms. The van der Waals surface area contributed by atoms with E-state index in [0.29, 0.717) is 5.39 Å². The van der Waals surface area contributed by atoms with Crippen LogP contribution in [0.1, 0.15) is 0 Å². The summed E-state index contributed by atoms with van der Waals surface area (Å²) in [5, 5.41) is 12.6. The molecule has 2 heterocycles. The maximum absolute atomic E-state index is 10.5. The number of pyridine rings is 1. The minimum atomic E-state index is -0.388. The minimum Gasteiger partial charge on any atom is -0.264 e. The van der Waals surface area contributed by atoms with E-state index in [0.717, 1.165) is 4.70 Å². The van der Waals surface area contributed by atoms with Crippen molar-refractivity contribution >= 4 is 27.1 Å². The first kappa shape index (κ1) is 7.17. The fraction of sp³-hybridized carbons (Fsp3) is 0. The van der Waals surface area contributed by atoms with Crippen molar-refractivity contribution in [1.29, 1.82) is 0 Å². The molecule has 0 bridgehead atoms. The van der Waals surface area contributed by atoms with Crippen molar-refractivity contribution in [3.05, 3.63) is 34.0 Å². The Balaban J connectivity index is 2.79. The van der Waals surface area contributed by atoms with Gasteiger partial charge in [-0.25, -0.2) is 0 Å². The molecule has 2 rings (SSSR count). The predicted octanol–water partition coefficient (Wildman–Crippen LogP) is 2.20. The van der Waals surface area contributed by atoms with Crippen LogP contribution < -0.4 is 0 Å². The van der Waals surface area contributed by atoms with Crippen molar-refractivity contribution in [3.8, 4) is 0 Å². The molecular formula is C7H4N2O2S. The molecule has 0 aliphatic carbocycles. The van der Waals surface area contributed by atoms with Crippen molar-refractivity contribution in [2.75, 3.05) is 0 Å². The van der Waals surface area contributed by atoms with Gasteiger partial charge in [0.25, 0.3) is 5.69 Å². The summed E-state index contributed by atoms with van der Waals surface area (Å²) in [7, 11) is 0. The zero-order valence-corrected chi connectivity index (χ0v) is 6.75. The van der Waals surface area contributed by atoms with Gasteiger partial charge in [0.1, 0.15) is 0 Å². The Morgan fingerprint density at radius 2 is 2.42 bits per heavy atom. The molecule has 0 saturated carbocycles. The Morgan fingerprint density at radius 3 is 3.17 bits per heavy atom. The summed E-state index contributed by atoms with van der Waals surface area (Å²) in [6.45, 7) is 0. The zero-order chi connectivity index (χ0) is 8.55. The van der Waals surface area contributed by atoms with E-state index in [9.17, 15) is 10.1 Å². The van der Waals surface area contributed by atoms with Gasteiger partial charge in [-0.1, -0.05) is 0 Å². The van der Waals surface area contributed by atoms with Crippen LogP contribution in [0, 0.1) is 10.1 Å². The normalized spacial score (nSPS) is 10.3. The standard InChI is InChI=1S/C7H4N2O2S/c10-9(11)6-4-12-7-1-2-8-3-5(6)7/h1-4H. The summed E-state index contributed by atoms with van der Waals surface area (Å²) in [5.41, 5.74) is 0.142. The first-order valence-electron chi connectivity index (χ1n) is 3.24. The molecule has 0 amide bonds. The van der Waals surface area contributed by atoms with E-state index in [2.05, 4.69) is 4.98 Å². The first-order valence-corrected chi connectivity index (χ1v) is 4.12.